The predicted molar refractivity (Wildman–Crippen MR) is 122 cm³/mol. The normalized spacial score (nSPS) is 21.4. The summed E-state index contributed by atoms with van der Waals surface area (Å²) in [6.45, 7) is 1.89. The number of hydrogen-bond acceptors (Lipinski definition) is 6. The number of nitrogens with two attached hydrogens (primary N) is 1. The molecule has 1 aliphatic heterocycles. The molecule has 1 unspecified atom stereocenters. The van der Waals surface area contributed by atoms with E-state index in [0.29, 0.717) is 21.5 Å². The number of anilines is 1. The molecular formula is C21H24Cl2N6S. The molecule has 3 aromatic rings. The summed E-state index contributed by atoms with van der Waals surface area (Å²) >= 11 is 14.0. The summed E-state index contributed by atoms with van der Waals surface area (Å²) in [6, 6.07) is 5.94. The Morgan fingerprint density at radius 3 is 2.70 bits per heavy atom. The number of aromatic nitrogens is 4. The van der Waals surface area contributed by atoms with Gasteiger partial charge in [0.05, 0.1) is 14.9 Å². The fourth-order valence-electron chi connectivity index (χ4n) is 4.86. The first-order valence-electron chi connectivity index (χ1n) is 10.4. The highest BCUT2D eigenvalue weighted by Crippen LogP contribution is 2.44. The molecule has 6 nitrogen and oxygen atoms in total. The van der Waals surface area contributed by atoms with Gasteiger partial charge in [0.15, 0.2) is 5.65 Å². The van der Waals surface area contributed by atoms with Gasteiger partial charge >= 0.3 is 0 Å². The molecule has 1 saturated heterocycles. The summed E-state index contributed by atoms with van der Waals surface area (Å²) < 4.78 is 1.83. The van der Waals surface area contributed by atoms with Crippen molar-refractivity contribution in [1.29, 1.82) is 0 Å². The quantitative estimate of drug-likeness (QED) is 0.585. The van der Waals surface area contributed by atoms with Crippen molar-refractivity contribution >= 4 is 46.6 Å². The molecule has 0 amide bonds. The highest BCUT2D eigenvalue weighted by molar-refractivity contribution is 7.99. The third kappa shape index (κ3) is 3.55. The number of piperidine rings is 1. The summed E-state index contributed by atoms with van der Waals surface area (Å²) in [4.78, 5) is 13.3. The minimum absolute atomic E-state index is 0.301. The molecule has 2 aliphatic rings. The first kappa shape index (κ1) is 20.4. The fourth-order valence-corrected chi connectivity index (χ4v) is 6.25. The molecule has 30 heavy (non-hydrogen) atoms. The van der Waals surface area contributed by atoms with Gasteiger partial charge in [-0.25, -0.2) is 9.97 Å². The van der Waals surface area contributed by atoms with Crippen molar-refractivity contribution in [2.24, 2.45) is 11.1 Å². The average molecular weight is 463 g/mol. The van der Waals surface area contributed by atoms with Crippen LogP contribution in [0.3, 0.4) is 0 Å². The van der Waals surface area contributed by atoms with Crippen LogP contribution in [0.15, 0.2) is 40.5 Å². The molecule has 1 aromatic carbocycles. The number of hydrogen-bond donors (Lipinski definition) is 1. The Labute approximate surface area is 190 Å². The van der Waals surface area contributed by atoms with Gasteiger partial charge < -0.3 is 10.6 Å². The fraction of sp³-hybridized carbons (Fsp3) is 0.476. The molecule has 0 radical (unpaired) electrons. The summed E-state index contributed by atoms with van der Waals surface area (Å²) in [5.41, 5.74) is 7.61. The van der Waals surface area contributed by atoms with Crippen molar-refractivity contribution in [2.45, 2.75) is 54.4 Å². The number of fused-ring (bicyclic) bond motifs is 1. The largest absolute Gasteiger partial charge is 0.341 e. The Morgan fingerprint density at radius 1 is 1.07 bits per heavy atom. The summed E-state index contributed by atoms with van der Waals surface area (Å²) in [5, 5.41) is 5.53. The SMILES string of the molecule is NC1CCCCC12CCN(c1ncc(Sc3cccc(Cl)c3Cl)c3ncnn13)CC2. The van der Waals surface area contributed by atoms with Gasteiger partial charge in [-0.1, -0.05) is 53.9 Å². The molecule has 0 bridgehead atoms. The monoisotopic (exact) mass is 462 g/mol. The van der Waals surface area contributed by atoms with Gasteiger partial charge in [-0.2, -0.15) is 9.61 Å². The lowest BCUT2D eigenvalue weighted by molar-refractivity contribution is 0.113. The van der Waals surface area contributed by atoms with Crippen LogP contribution in [-0.2, 0) is 0 Å². The molecule has 2 aromatic heterocycles. The number of nitrogens with zero attached hydrogens (tertiary/aromatic N) is 5. The summed E-state index contributed by atoms with van der Waals surface area (Å²) in [5.74, 6) is 0.836. The maximum atomic E-state index is 6.53. The van der Waals surface area contributed by atoms with E-state index in [-0.39, 0.29) is 0 Å². The van der Waals surface area contributed by atoms with Crippen molar-refractivity contribution < 1.29 is 0 Å². The number of rotatable bonds is 3. The maximum absolute atomic E-state index is 6.53. The lowest BCUT2D eigenvalue weighted by Crippen LogP contribution is -2.51. The summed E-state index contributed by atoms with van der Waals surface area (Å²) in [6.07, 6.45) is 10.6. The van der Waals surface area contributed by atoms with Crippen molar-refractivity contribution in [1.82, 2.24) is 19.6 Å². The van der Waals surface area contributed by atoms with E-state index in [0.717, 1.165) is 53.7 Å². The van der Waals surface area contributed by atoms with E-state index < -0.39 is 0 Å². The van der Waals surface area contributed by atoms with Gasteiger partial charge in [0.2, 0.25) is 5.95 Å². The highest BCUT2D eigenvalue weighted by Gasteiger charge is 2.41. The van der Waals surface area contributed by atoms with E-state index in [1.807, 2.05) is 22.8 Å². The molecule has 3 heterocycles. The topological polar surface area (TPSA) is 72.3 Å². The molecular weight excluding hydrogens is 439 g/mol. The Balaban J connectivity index is 1.40. The zero-order valence-electron chi connectivity index (χ0n) is 16.6. The van der Waals surface area contributed by atoms with E-state index in [1.165, 1.54) is 31.0 Å². The smallest absolute Gasteiger partial charge is 0.228 e. The Morgan fingerprint density at radius 2 is 1.90 bits per heavy atom. The van der Waals surface area contributed by atoms with Crippen LogP contribution in [0.25, 0.3) is 5.65 Å². The highest BCUT2D eigenvalue weighted by atomic mass is 35.5. The van der Waals surface area contributed by atoms with Crippen LogP contribution in [0.1, 0.15) is 38.5 Å². The molecule has 5 rings (SSSR count). The van der Waals surface area contributed by atoms with Gasteiger partial charge in [-0.05, 0) is 43.2 Å². The molecule has 9 heteroatoms. The molecule has 1 spiro atoms. The third-order valence-corrected chi connectivity index (χ3v) is 8.66. The number of benzene rings is 1. The Hall–Kier alpha value is -1.54. The van der Waals surface area contributed by atoms with Gasteiger partial charge in [0, 0.05) is 30.2 Å². The van der Waals surface area contributed by atoms with Crippen LogP contribution in [-0.4, -0.2) is 38.7 Å². The number of halogens is 2. The van der Waals surface area contributed by atoms with Crippen LogP contribution < -0.4 is 10.6 Å². The van der Waals surface area contributed by atoms with Crippen molar-refractivity contribution in [3.8, 4) is 0 Å². The molecule has 1 aliphatic carbocycles. The average Bonchev–Trinajstić information content (AvgIpc) is 3.25. The first-order chi connectivity index (χ1) is 14.6. The van der Waals surface area contributed by atoms with Crippen molar-refractivity contribution in [2.75, 3.05) is 18.0 Å². The van der Waals surface area contributed by atoms with Crippen LogP contribution in [0, 0.1) is 5.41 Å². The third-order valence-electron chi connectivity index (χ3n) is 6.66. The van der Waals surface area contributed by atoms with Crippen LogP contribution in [0.2, 0.25) is 10.0 Å². The lowest BCUT2D eigenvalue weighted by atomic mass is 9.65. The molecule has 1 atom stereocenters. The molecule has 2 fully saturated rings. The Kier molecular flexibility index (Phi) is 5.56. The van der Waals surface area contributed by atoms with Gasteiger partial charge in [-0.15, -0.1) is 0 Å². The maximum Gasteiger partial charge on any atom is 0.228 e. The molecule has 2 N–H and O–H groups in total. The van der Waals surface area contributed by atoms with Gasteiger partial charge in [0.25, 0.3) is 0 Å². The Bertz CT molecular complexity index is 1060. The zero-order valence-corrected chi connectivity index (χ0v) is 18.9. The molecule has 158 valence electrons. The van der Waals surface area contributed by atoms with Crippen LogP contribution >= 0.6 is 35.0 Å². The van der Waals surface area contributed by atoms with E-state index >= 15 is 0 Å². The second-order valence-corrected chi connectivity index (χ2v) is 10.1. The second kappa shape index (κ2) is 8.19. The van der Waals surface area contributed by atoms with Crippen LogP contribution in [0.5, 0.6) is 0 Å². The standard InChI is InChI=1S/C21H24Cl2N6S/c22-14-4-3-5-15(18(14)23)30-16-12-25-20(29-19(16)26-13-27-29)28-10-8-21(9-11-28)7-2-1-6-17(21)24/h3-5,12-13,17H,1-2,6-11,24H2. The van der Waals surface area contributed by atoms with Crippen molar-refractivity contribution in [3.05, 3.63) is 40.8 Å². The van der Waals surface area contributed by atoms with E-state index in [1.54, 1.807) is 12.4 Å². The zero-order chi connectivity index (χ0) is 20.7. The van der Waals surface area contributed by atoms with Crippen molar-refractivity contribution in [3.63, 3.8) is 0 Å². The van der Waals surface area contributed by atoms with Gasteiger partial charge in [0.1, 0.15) is 6.33 Å². The summed E-state index contributed by atoms with van der Waals surface area (Å²) in [7, 11) is 0. The minimum atomic E-state index is 0.301. The first-order valence-corrected chi connectivity index (χ1v) is 12.0. The van der Waals surface area contributed by atoms with E-state index in [9.17, 15) is 0 Å². The lowest BCUT2D eigenvalue weighted by Gasteiger charge is -2.48. The van der Waals surface area contributed by atoms with E-state index in [2.05, 4.69) is 15.0 Å². The second-order valence-electron chi connectivity index (χ2n) is 8.27. The molecule has 1 saturated carbocycles. The van der Waals surface area contributed by atoms with E-state index in [4.69, 9.17) is 33.9 Å². The minimum Gasteiger partial charge on any atom is -0.341 e. The van der Waals surface area contributed by atoms with Gasteiger partial charge in [-0.3, -0.25) is 0 Å². The van der Waals surface area contributed by atoms with Crippen LogP contribution in [0.4, 0.5) is 5.95 Å². The predicted octanol–water partition coefficient (Wildman–Crippen LogP) is 5.07.